The number of hydrogen-bond donors (Lipinski definition) is 0. The predicted octanol–water partition coefficient (Wildman–Crippen LogP) is 1.41. The summed E-state index contributed by atoms with van der Waals surface area (Å²) in [4.78, 5) is 0. The number of benzene rings is 3. The molecular formula is C26H22Cl2Zr. The van der Waals surface area contributed by atoms with E-state index in [4.69, 9.17) is 0 Å². The van der Waals surface area contributed by atoms with Gasteiger partial charge in [-0.3, -0.25) is 0 Å². The Labute approximate surface area is 204 Å². The maximum atomic E-state index is 2.31. The minimum Gasteiger partial charge on any atom is -1.00 e. The Morgan fingerprint density at radius 2 is 1.21 bits per heavy atom. The molecule has 5 aromatic carbocycles. The Hall–Kier alpha value is -1.66. The molecule has 0 saturated carbocycles. The standard InChI is InChI=1S/C21H17.C5H5.2ClH.Zr/c1-14-9-15(2)11-18(10-14)16-7-8-21-19(12-16)13-17-5-3-4-6-20(17)21;1-2-4-5-3-1;;;/h3-13H,1-2H3;1-5H;2*1H;/q2*-1;;;+4/p-2. The van der Waals surface area contributed by atoms with Crippen LogP contribution in [0.15, 0.2) is 97.1 Å². The fourth-order valence-corrected chi connectivity index (χ4v) is 3.60. The molecule has 0 aliphatic heterocycles. The maximum absolute atomic E-state index is 2.31. The fourth-order valence-electron chi connectivity index (χ4n) is 3.60. The van der Waals surface area contributed by atoms with Gasteiger partial charge in [0.25, 0.3) is 0 Å². The van der Waals surface area contributed by atoms with E-state index in [-0.39, 0.29) is 51.0 Å². The third kappa shape index (κ3) is 5.92. The van der Waals surface area contributed by atoms with Gasteiger partial charge in [0.2, 0.25) is 0 Å². The van der Waals surface area contributed by atoms with E-state index in [1.54, 1.807) is 0 Å². The number of rotatable bonds is 1. The minimum atomic E-state index is 0. The summed E-state index contributed by atoms with van der Waals surface area (Å²) in [5.74, 6) is 0. The summed E-state index contributed by atoms with van der Waals surface area (Å²) < 4.78 is 0. The zero-order chi connectivity index (χ0) is 17.9. The molecule has 5 aromatic rings. The number of fused-ring (bicyclic) bond motifs is 3. The Morgan fingerprint density at radius 1 is 0.586 bits per heavy atom. The first kappa shape index (κ1) is 25.4. The van der Waals surface area contributed by atoms with E-state index in [1.165, 1.54) is 43.8 Å². The van der Waals surface area contributed by atoms with Crippen LogP contribution in [0.25, 0.3) is 32.7 Å². The number of aryl methyl sites for hydroxylation is 2. The molecule has 0 amide bonds. The SMILES string of the molecule is Cc1cc(C)cc(-c2ccc3c(c2)[cH-]c2ccccc23)c1.[Cl-].[Cl-].[Zr+4].c1cc[cH-]c1. The molecule has 144 valence electrons. The molecule has 0 atom stereocenters. The van der Waals surface area contributed by atoms with Crippen molar-refractivity contribution < 1.29 is 51.0 Å². The van der Waals surface area contributed by atoms with Crippen LogP contribution in [0.2, 0.25) is 0 Å². The van der Waals surface area contributed by atoms with Crippen molar-refractivity contribution >= 4 is 21.5 Å². The zero-order valence-electron chi connectivity index (χ0n) is 16.5. The quantitative estimate of drug-likeness (QED) is 0.308. The smallest absolute Gasteiger partial charge is 1.00 e. The Kier molecular flexibility index (Phi) is 10.1. The molecule has 0 heterocycles. The molecule has 0 aliphatic carbocycles. The molecule has 0 bridgehead atoms. The molecule has 0 spiro atoms. The van der Waals surface area contributed by atoms with Gasteiger partial charge in [0.15, 0.2) is 0 Å². The Bertz CT molecular complexity index is 1120. The van der Waals surface area contributed by atoms with E-state index in [2.05, 4.69) is 80.6 Å². The molecule has 0 radical (unpaired) electrons. The average molecular weight is 497 g/mol. The monoisotopic (exact) mass is 494 g/mol. The summed E-state index contributed by atoms with van der Waals surface area (Å²) in [6, 6.07) is 34.4. The Balaban J connectivity index is 0.000000465. The fraction of sp³-hybridized carbons (Fsp3) is 0.0769. The summed E-state index contributed by atoms with van der Waals surface area (Å²) in [7, 11) is 0. The van der Waals surface area contributed by atoms with Gasteiger partial charge in [0, 0.05) is 0 Å². The van der Waals surface area contributed by atoms with Gasteiger partial charge in [-0.05, 0) is 19.4 Å². The summed E-state index contributed by atoms with van der Waals surface area (Å²) in [6.45, 7) is 4.32. The van der Waals surface area contributed by atoms with Crippen molar-refractivity contribution in [3.05, 3.63) is 108 Å². The first-order valence-corrected chi connectivity index (χ1v) is 9.04. The van der Waals surface area contributed by atoms with Gasteiger partial charge in [0.05, 0.1) is 0 Å². The largest absolute Gasteiger partial charge is 4.00 e. The van der Waals surface area contributed by atoms with Gasteiger partial charge in [0.1, 0.15) is 0 Å². The Morgan fingerprint density at radius 3 is 1.83 bits per heavy atom. The van der Waals surface area contributed by atoms with Gasteiger partial charge < -0.3 is 24.8 Å². The van der Waals surface area contributed by atoms with Crippen LogP contribution in [0.3, 0.4) is 0 Å². The molecule has 0 N–H and O–H groups in total. The second kappa shape index (κ2) is 11.5. The zero-order valence-corrected chi connectivity index (χ0v) is 20.5. The van der Waals surface area contributed by atoms with Crippen molar-refractivity contribution in [2.75, 3.05) is 0 Å². The molecule has 0 nitrogen and oxygen atoms in total. The van der Waals surface area contributed by atoms with Crippen LogP contribution in [-0.2, 0) is 26.2 Å². The van der Waals surface area contributed by atoms with Crippen LogP contribution >= 0.6 is 0 Å². The second-order valence-corrected chi connectivity index (χ2v) is 6.87. The van der Waals surface area contributed by atoms with Crippen LogP contribution in [0, 0.1) is 13.8 Å². The maximum Gasteiger partial charge on any atom is 4.00 e. The average Bonchev–Trinajstić information content (AvgIpc) is 3.31. The van der Waals surface area contributed by atoms with Crippen LogP contribution in [0.1, 0.15) is 11.1 Å². The summed E-state index contributed by atoms with van der Waals surface area (Å²) in [5.41, 5.74) is 5.24. The predicted molar refractivity (Wildman–Crippen MR) is 114 cm³/mol. The van der Waals surface area contributed by atoms with Gasteiger partial charge in [-0.25, -0.2) is 12.1 Å². The summed E-state index contributed by atoms with van der Waals surface area (Å²) in [5, 5.41) is 5.34. The number of hydrogen-bond acceptors (Lipinski definition) is 0. The van der Waals surface area contributed by atoms with E-state index in [9.17, 15) is 0 Å². The van der Waals surface area contributed by atoms with Crippen molar-refractivity contribution in [3.63, 3.8) is 0 Å². The van der Waals surface area contributed by atoms with Gasteiger partial charge >= 0.3 is 26.2 Å². The number of halogens is 2. The molecule has 5 rings (SSSR count). The second-order valence-electron chi connectivity index (χ2n) is 6.87. The van der Waals surface area contributed by atoms with Crippen molar-refractivity contribution in [2.24, 2.45) is 0 Å². The van der Waals surface area contributed by atoms with E-state index in [1.807, 2.05) is 30.3 Å². The first-order chi connectivity index (χ1) is 12.7. The molecule has 0 unspecified atom stereocenters. The van der Waals surface area contributed by atoms with Gasteiger partial charge in [-0.2, -0.15) is 18.2 Å². The van der Waals surface area contributed by atoms with Crippen molar-refractivity contribution in [1.82, 2.24) is 0 Å². The summed E-state index contributed by atoms with van der Waals surface area (Å²) in [6.07, 6.45) is 0. The molecule has 0 saturated heterocycles. The third-order valence-corrected chi connectivity index (χ3v) is 4.72. The van der Waals surface area contributed by atoms with Crippen LogP contribution in [-0.4, -0.2) is 0 Å². The summed E-state index contributed by atoms with van der Waals surface area (Å²) >= 11 is 0. The van der Waals surface area contributed by atoms with E-state index in [0.29, 0.717) is 0 Å². The van der Waals surface area contributed by atoms with Crippen LogP contribution < -0.4 is 24.8 Å². The third-order valence-electron chi connectivity index (χ3n) is 4.72. The molecule has 3 heteroatoms. The van der Waals surface area contributed by atoms with Crippen molar-refractivity contribution in [1.29, 1.82) is 0 Å². The first-order valence-electron chi connectivity index (χ1n) is 9.04. The van der Waals surface area contributed by atoms with Gasteiger partial charge in [-0.1, -0.05) is 65.2 Å². The van der Waals surface area contributed by atoms with Crippen molar-refractivity contribution in [2.45, 2.75) is 13.8 Å². The molecular weight excluding hydrogens is 474 g/mol. The topological polar surface area (TPSA) is 0 Å². The van der Waals surface area contributed by atoms with Crippen molar-refractivity contribution in [3.8, 4) is 11.1 Å². The minimum absolute atomic E-state index is 0. The normalized spacial score (nSPS) is 9.59. The van der Waals surface area contributed by atoms with Crippen LogP contribution in [0.5, 0.6) is 0 Å². The van der Waals surface area contributed by atoms with E-state index in [0.717, 1.165) is 0 Å². The van der Waals surface area contributed by atoms with Crippen LogP contribution in [0.4, 0.5) is 0 Å². The molecule has 29 heavy (non-hydrogen) atoms. The van der Waals surface area contributed by atoms with E-state index < -0.39 is 0 Å². The van der Waals surface area contributed by atoms with E-state index >= 15 is 0 Å². The van der Waals surface area contributed by atoms with Gasteiger partial charge in [-0.15, -0.1) is 39.7 Å². The molecule has 0 aliphatic rings. The molecule has 0 fully saturated rings. The molecule has 0 aromatic heterocycles.